The molecule has 0 atom stereocenters. The number of esters is 2. The number of hydrogen-bond donors (Lipinski definition) is 1. The van der Waals surface area contributed by atoms with Crippen molar-refractivity contribution in [2.45, 2.75) is 13.3 Å². The molecule has 0 aromatic carbocycles. The average Bonchev–Trinajstić information content (AvgIpc) is 1.84. The first-order chi connectivity index (χ1) is 5.56. The summed E-state index contributed by atoms with van der Waals surface area (Å²) in [5, 5.41) is 8.03. The molecule has 5 heteroatoms. The monoisotopic (exact) mass is 168 g/mol. The van der Waals surface area contributed by atoms with Crippen molar-refractivity contribution < 1.29 is 14.3 Å². The number of ether oxygens (including phenoxy) is 1. The Morgan fingerprint density at radius 1 is 1.67 bits per heavy atom. The highest BCUT2D eigenvalue weighted by Crippen LogP contribution is 1.89. The molecular weight excluding hydrogens is 160 g/mol. The van der Waals surface area contributed by atoms with E-state index in [2.05, 4.69) is 4.74 Å². The van der Waals surface area contributed by atoms with E-state index in [-0.39, 0.29) is 5.70 Å². The van der Waals surface area contributed by atoms with Crippen LogP contribution in [0.5, 0.6) is 0 Å². The van der Waals surface area contributed by atoms with Gasteiger partial charge in [0.25, 0.3) is 0 Å². The van der Waals surface area contributed by atoms with Crippen LogP contribution in [-0.2, 0) is 14.3 Å². The Bertz CT molecular complexity index is 258. The quantitative estimate of drug-likeness (QED) is 0.351. The second-order valence-corrected chi connectivity index (χ2v) is 2.02. The number of nitrogens with two attached hydrogens (primary N) is 1. The average molecular weight is 168 g/mol. The molecule has 12 heavy (non-hydrogen) atoms. The van der Waals surface area contributed by atoms with Crippen molar-refractivity contribution in [3.63, 3.8) is 0 Å². The van der Waals surface area contributed by atoms with E-state index < -0.39 is 18.4 Å². The van der Waals surface area contributed by atoms with Crippen LogP contribution in [0.1, 0.15) is 13.3 Å². The van der Waals surface area contributed by atoms with Gasteiger partial charge in [0.05, 0.1) is 6.07 Å². The van der Waals surface area contributed by atoms with Crippen molar-refractivity contribution in [2.75, 3.05) is 0 Å². The largest absolute Gasteiger partial charge is 0.402 e. The van der Waals surface area contributed by atoms with Crippen molar-refractivity contribution in [3.8, 4) is 6.07 Å². The summed E-state index contributed by atoms with van der Waals surface area (Å²) >= 11 is 0. The molecule has 0 amide bonds. The SMILES string of the molecule is C/C(N)=C/C(=O)OC(=O)CC#N. The van der Waals surface area contributed by atoms with Gasteiger partial charge in [0.2, 0.25) is 0 Å². The zero-order valence-electron chi connectivity index (χ0n) is 6.53. The van der Waals surface area contributed by atoms with Crippen LogP contribution in [0.2, 0.25) is 0 Å². The van der Waals surface area contributed by atoms with Gasteiger partial charge < -0.3 is 10.5 Å². The molecule has 0 unspecified atom stereocenters. The van der Waals surface area contributed by atoms with Crippen LogP contribution < -0.4 is 5.73 Å². The zero-order chi connectivity index (χ0) is 9.56. The van der Waals surface area contributed by atoms with Gasteiger partial charge in [-0.1, -0.05) is 0 Å². The summed E-state index contributed by atoms with van der Waals surface area (Å²) in [6, 6.07) is 1.55. The molecular formula is C7H8N2O3. The fraction of sp³-hybridized carbons (Fsp3) is 0.286. The van der Waals surface area contributed by atoms with Gasteiger partial charge in [0, 0.05) is 11.8 Å². The lowest BCUT2D eigenvalue weighted by atomic mass is 10.4. The molecule has 0 aliphatic rings. The van der Waals surface area contributed by atoms with Gasteiger partial charge in [0.15, 0.2) is 0 Å². The summed E-state index contributed by atoms with van der Waals surface area (Å²) in [6.45, 7) is 1.48. The maximum Gasteiger partial charge on any atom is 0.340 e. The van der Waals surface area contributed by atoms with Gasteiger partial charge in [0.1, 0.15) is 6.42 Å². The summed E-state index contributed by atoms with van der Waals surface area (Å²) in [5.41, 5.74) is 5.37. The van der Waals surface area contributed by atoms with E-state index in [0.717, 1.165) is 6.08 Å². The van der Waals surface area contributed by atoms with E-state index >= 15 is 0 Å². The zero-order valence-corrected chi connectivity index (χ0v) is 6.53. The minimum Gasteiger partial charge on any atom is -0.402 e. The minimum absolute atomic E-state index is 0.241. The van der Waals surface area contributed by atoms with E-state index in [1.54, 1.807) is 6.07 Å². The van der Waals surface area contributed by atoms with Crippen molar-refractivity contribution in [1.29, 1.82) is 5.26 Å². The van der Waals surface area contributed by atoms with E-state index in [1.165, 1.54) is 6.92 Å². The third kappa shape index (κ3) is 4.99. The molecule has 0 radical (unpaired) electrons. The second kappa shape index (κ2) is 4.91. The molecule has 64 valence electrons. The number of hydrogen-bond acceptors (Lipinski definition) is 5. The van der Waals surface area contributed by atoms with Gasteiger partial charge in [-0.2, -0.15) is 5.26 Å². The summed E-state index contributed by atoms with van der Waals surface area (Å²) in [5.74, 6) is -1.73. The number of carbonyl (C=O) groups is 2. The molecule has 0 aliphatic carbocycles. The van der Waals surface area contributed by atoms with Gasteiger partial charge in [-0.05, 0) is 6.92 Å². The van der Waals surface area contributed by atoms with E-state index in [1.807, 2.05) is 0 Å². The lowest BCUT2D eigenvalue weighted by Crippen LogP contribution is -2.10. The van der Waals surface area contributed by atoms with Crippen LogP contribution in [0.4, 0.5) is 0 Å². The third-order valence-corrected chi connectivity index (χ3v) is 0.783. The highest BCUT2D eigenvalue weighted by atomic mass is 16.6. The smallest absolute Gasteiger partial charge is 0.340 e. The molecule has 0 saturated heterocycles. The van der Waals surface area contributed by atoms with E-state index in [9.17, 15) is 9.59 Å². The molecule has 0 heterocycles. The lowest BCUT2D eigenvalue weighted by Gasteiger charge is -1.94. The van der Waals surface area contributed by atoms with E-state index in [4.69, 9.17) is 11.0 Å². The molecule has 0 rings (SSSR count). The maximum atomic E-state index is 10.6. The fourth-order valence-electron chi connectivity index (χ4n) is 0.428. The van der Waals surface area contributed by atoms with Crippen molar-refractivity contribution in [2.24, 2.45) is 5.73 Å². The van der Waals surface area contributed by atoms with Gasteiger partial charge >= 0.3 is 11.9 Å². The first-order valence-electron chi connectivity index (χ1n) is 3.11. The van der Waals surface area contributed by atoms with Crippen molar-refractivity contribution >= 4 is 11.9 Å². The van der Waals surface area contributed by atoms with E-state index in [0.29, 0.717) is 0 Å². The van der Waals surface area contributed by atoms with Crippen LogP contribution >= 0.6 is 0 Å². The Labute approximate surface area is 69.4 Å². The summed E-state index contributed by atoms with van der Waals surface area (Å²) in [4.78, 5) is 21.1. The third-order valence-electron chi connectivity index (χ3n) is 0.783. The Morgan fingerprint density at radius 3 is 2.67 bits per heavy atom. The van der Waals surface area contributed by atoms with Crippen LogP contribution in [0.25, 0.3) is 0 Å². The predicted molar refractivity (Wildman–Crippen MR) is 39.3 cm³/mol. The number of nitriles is 1. The van der Waals surface area contributed by atoms with Crippen molar-refractivity contribution in [1.82, 2.24) is 0 Å². The highest BCUT2D eigenvalue weighted by Gasteiger charge is 2.06. The van der Waals surface area contributed by atoms with Gasteiger partial charge in [-0.25, -0.2) is 4.79 Å². The molecule has 0 aromatic rings. The molecule has 2 N–H and O–H groups in total. The Kier molecular flexibility index (Phi) is 4.16. The molecule has 0 bridgehead atoms. The number of allylic oxidation sites excluding steroid dienone is 1. The molecule has 5 nitrogen and oxygen atoms in total. The minimum atomic E-state index is -0.875. The van der Waals surface area contributed by atoms with Crippen LogP contribution in [0.15, 0.2) is 11.8 Å². The van der Waals surface area contributed by atoms with Gasteiger partial charge in [-0.15, -0.1) is 0 Å². The Morgan fingerprint density at radius 2 is 2.25 bits per heavy atom. The lowest BCUT2D eigenvalue weighted by molar-refractivity contribution is -0.155. The standard InChI is InChI=1S/C7H8N2O3/c1-5(9)4-7(11)12-6(10)2-3-8/h4H,2,9H2,1H3/b5-4-. The topological polar surface area (TPSA) is 93.2 Å². The summed E-state index contributed by atoms with van der Waals surface area (Å²) < 4.78 is 4.14. The molecule has 0 fully saturated rings. The number of nitrogens with zero attached hydrogens (tertiary/aromatic N) is 1. The summed E-state index contributed by atoms with van der Waals surface area (Å²) in [6.07, 6.45) is 0.526. The first-order valence-corrected chi connectivity index (χ1v) is 3.11. The number of carbonyl (C=O) groups excluding carboxylic acids is 2. The van der Waals surface area contributed by atoms with Crippen LogP contribution in [0, 0.1) is 11.3 Å². The van der Waals surface area contributed by atoms with Crippen LogP contribution in [-0.4, -0.2) is 11.9 Å². The summed E-state index contributed by atoms with van der Waals surface area (Å²) in [7, 11) is 0. The molecule has 0 spiro atoms. The molecule has 0 aromatic heterocycles. The van der Waals surface area contributed by atoms with Crippen LogP contribution in [0.3, 0.4) is 0 Å². The Balaban J connectivity index is 3.96. The second-order valence-electron chi connectivity index (χ2n) is 2.02. The predicted octanol–water partition coefficient (Wildman–Crippen LogP) is -0.168. The molecule has 0 aliphatic heterocycles. The number of rotatable bonds is 2. The normalized spacial score (nSPS) is 10.2. The first kappa shape index (κ1) is 10.2. The Hall–Kier alpha value is -1.83. The van der Waals surface area contributed by atoms with Gasteiger partial charge in [-0.3, -0.25) is 4.79 Å². The maximum absolute atomic E-state index is 10.6. The highest BCUT2D eigenvalue weighted by molar-refractivity contribution is 5.92. The van der Waals surface area contributed by atoms with Crippen molar-refractivity contribution in [3.05, 3.63) is 11.8 Å². The molecule has 0 saturated carbocycles. The fourth-order valence-corrected chi connectivity index (χ4v) is 0.428.